The summed E-state index contributed by atoms with van der Waals surface area (Å²) in [5.74, 6) is 1.51. The van der Waals surface area contributed by atoms with Crippen LogP contribution >= 0.6 is 11.8 Å². The fourth-order valence-electron chi connectivity index (χ4n) is 2.92. The van der Waals surface area contributed by atoms with Crippen LogP contribution in [0.3, 0.4) is 0 Å². The minimum Gasteiger partial charge on any atom is -0.349 e. The molecule has 0 aliphatic heterocycles. The summed E-state index contributed by atoms with van der Waals surface area (Å²) in [6.45, 7) is 2.09. The SMILES string of the molecule is CC(NC(=O)c1ccc(SCc2cn3ccccc3n2)cc1)C1CC1. The fraction of sp³-hybridized carbons (Fsp3) is 0.300. The average molecular weight is 351 g/mol. The number of hydrogen-bond acceptors (Lipinski definition) is 3. The van der Waals surface area contributed by atoms with Crippen molar-refractivity contribution in [3.63, 3.8) is 0 Å². The first-order chi connectivity index (χ1) is 12.2. The third-order valence-corrected chi connectivity index (χ3v) is 5.65. The van der Waals surface area contributed by atoms with Crippen LogP contribution in [0.25, 0.3) is 5.65 Å². The Balaban J connectivity index is 1.35. The Bertz CT molecular complexity index is 850. The van der Waals surface area contributed by atoms with Crippen molar-refractivity contribution in [3.8, 4) is 0 Å². The van der Waals surface area contributed by atoms with Crippen LogP contribution < -0.4 is 5.32 Å². The molecule has 2 aromatic heterocycles. The Morgan fingerprint density at radius 3 is 2.80 bits per heavy atom. The van der Waals surface area contributed by atoms with Crippen molar-refractivity contribution < 1.29 is 4.79 Å². The maximum absolute atomic E-state index is 12.2. The molecule has 25 heavy (non-hydrogen) atoms. The van der Waals surface area contributed by atoms with Crippen molar-refractivity contribution in [2.45, 2.75) is 36.5 Å². The summed E-state index contributed by atoms with van der Waals surface area (Å²) in [6, 6.07) is 14.1. The molecule has 4 nitrogen and oxygen atoms in total. The number of nitrogens with one attached hydrogen (secondary N) is 1. The first-order valence-corrected chi connectivity index (χ1v) is 9.64. The predicted octanol–water partition coefficient (Wildman–Crippen LogP) is 4.15. The summed E-state index contributed by atoms with van der Waals surface area (Å²) >= 11 is 1.73. The van der Waals surface area contributed by atoms with Gasteiger partial charge in [-0.1, -0.05) is 6.07 Å². The van der Waals surface area contributed by atoms with E-state index in [2.05, 4.69) is 23.4 Å². The smallest absolute Gasteiger partial charge is 0.251 e. The lowest BCUT2D eigenvalue weighted by Crippen LogP contribution is -2.33. The highest BCUT2D eigenvalue weighted by molar-refractivity contribution is 7.98. The lowest BCUT2D eigenvalue weighted by molar-refractivity contribution is 0.0936. The number of pyridine rings is 1. The number of benzene rings is 1. The van der Waals surface area contributed by atoms with E-state index >= 15 is 0 Å². The number of rotatable bonds is 6. The van der Waals surface area contributed by atoms with Gasteiger partial charge in [0.25, 0.3) is 5.91 Å². The van der Waals surface area contributed by atoms with Crippen LogP contribution in [0.5, 0.6) is 0 Å². The van der Waals surface area contributed by atoms with Crippen LogP contribution in [-0.4, -0.2) is 21.3 Å². The number of thioether (sulfide) groups is 1. The van der Waals surface area contributed by atoms with Crippen LogP contribution in [0.4, 0.5) is 0 Å². The minimum atomic E-state index is 0.0244. The molecule has 128 valence electrons. The van der Waals surface area contributed by atoms with Crippen molar-refractivity contribution in [2.75, 3.05) is 0 Å². The molecule has 0 spiro atoms. The van der Waals surface area contributed by atoms with Crippen molar-refractivity contribution in [3.05, 3.63) is 66.1 Å². The Labute approximate surface area is 151 Å². The Hall–Kier alpha value is -2.27. The van der Waals surface area contributed by atoms with E-state index in [0.29, 0.717) is 5.92 Å². The number of amides is 1. The molecule has 1 N–H and O–H groups in total. The van der Waals surface area contributed by atoms with Gasteiger partial charge in [-0.2, -0.15) is 0 Å². The van der Waals surface area contributed by atoms with Crippen molar-refractivity contribution in [1.29, 1.82) is 0 Å². The number of carbonyl (C=O) groups excluding carboxylic acids is 1. The summed E-state index contributed by atoms with van der Waals surface area (Å²) in [6.07, 6.45) is 6.54. The Kier molecular flexibility index (Phi) is 4.49. The van der Waals surface area contributed by atoms with Gasteiger partial charge in [-0.05, 0) is 62.1 Å². The molecule has 5 heteroatoms. The van der Waals surface area contributed by atoms with Gasteiger partial charge in [-0.15, -0.1) is 11.8 Å². The number of carbonyl (C=O) groups is 1. The lowest BCUT2D eigenvalue weighted by Gasteiger charge is -2.12. The number of nitrogens with zero attached hydrogens (tertiary/aromatic N) is 2. The van der Waals surface area contributed by atoms with Gasteiger partial charge in [0, 0.05) is 34.6 Å². The second kappa shape index (κ2) is 6.92. The van der Waals surface area contributed by atoms with E-state index in [0.717, 1.165) is 27.6 Å². The van der Waals surface area contributed by atoms with Crippen molar-refractivity contribution >= 4 is 23.3 Å². The molecule has 0 bridgehead atoms. The average Bonchev–Trinajstić information content (AvgIpc) is 3.40. The molecule has 1 aliphatic rings. The molecule has 1 atom stereocenters. The number of imidazole rings is 1. The van der Waals surface area contributed by atoms with Gasteiger partial charge in [0.05, 0.1) is 5.69 Å². The quantitative estimate of drug-likeness (QED) is 0.679. The molecule has 4 rings (SSSR count). The van der Waals surface area contributed by atoms with Crippen LogP contribution in [-0.2, 0) is 5.75 Å². The summed E-state index contributed by atoms with van der Waals surface area (Å²) < 4.78 is 2.03. The molecule has 1 aliphatic carbocycles. The van der Waals surface area contributed by atoms with E-state index in [1.165, 1.54) is 12.8 Å². The zero-order valence-electron chi connectivity index (χ0n) is 14.2. The highest BCUT2D eigenvalue weighted by Gasteiger charge is 2.28. The van der Waals surface area contributed by atoms with Gasteiger partial charge < -0.3 is 9.72 Å². The first-order valence-electron chi connectivity index (χ1n) is 8.65. The van der Waals surface area contributed by atoms with E-state index in [1.54, 1.807) is 11.8 Å². The molecule has 1 saturated carbocycles. The standard InChI is InChI=1S/C20H21N3OS/c1-14(15-5-6-15)21-20(24)16-7-9-18(10-8-16)25-13-17-12-23-11-3-2-4-19(23)22-17/h2-4,7-12,14-15H,5-6,13H2,1H3,(H,21,24). The van der Waals surface area contributed by atoms with Crippen molar-refractivity contribution in [2.24, 2.45) is 5.92 Å². The molecular formula is C20H21N3OS. The fourth-order valence-corrected chi connectivity index (χ4v) is 3.70. The second-order valence-electron chi connectivity index (χ2n) is 6.61. The molecule has 3 aromatic rings. The summed E-state index contributed by atoms with van der Waals surface area (Å²) in [7, 11) is 0. The topological polar surface area (TPSA) is 46.4 Å². The lowest BCUT2D eigenvalue weighted by atomic mass is 10.1. The summed E-state index contributed by atoms with van der Waals surface area (Å²) in [4.78, 5) is 18.0. The van der Waals surface area contributed by atoms with Crippen LogP contribution in [0.1, 0.15) is 35.8 Å². The second-order valence-corrected chi connectivity index (χ2v) is 7.66. The molecule has 1 amide bonds. The molecule has 1 aromatic carbocycles. The summed E-state index contributed by atoms with van der Waals surface area (Å²) in [5, 5.41) is 3.09. The minimum absolute atomic E-state index is 0.0244. The van der Waals surface area contributed by atoms with Gasteiger partial charge in [0.1, 0.15) is 5.65 Å². The Morgan fingerprint density at radius 1 is 1.28 bits per heavy atom. The highest BCUT2D eigenvalue weighted by Crippen LogP contribution is 2.32. The summed E-state index contributed by atoms with van der Waals surface area (Å²) in [5.41, 5.74) is 2.75. The largest absolute Gasteiger partial charge is 0.349 e. The molecule has 1 unspecified atom stereocenters. The van der Waals surface area contributed by atoms with E-state index in [4.69, 9.17) is 0 Å². The number of hydrogen-bond donors (Lipinski definition) is 1. The maximum atomic E-state index is 12.2. The van der Waals surface area contributed by atoms with Gasteiger partial charge in [-0.3, -0.25) is 4.79 Å². The Morgan fingerprint density at radius 2 is 2.08 bits per heavy atom. The van der Waals surface area contributed by atoms with E-state index in [-0.39, 0.29) is 11.9 Å². The van der Waals surface area contributed by atoms with Gasteiger partial charge in [0.2, 0.25) is 0 Å². The third kappa shape index (κ3) is 3.87. The molecular weight excluding hydrogens is 330 g/mol. The number of aromatic nitrogens is 2. The van der Waals surface area contributed by atoms with E-state index < -0.39 is 0 Å². The van der Waals surface area contributed by atoms with Gasteiger partial charge >= 0.3 is 0 Å². The molecule has 0 saturated heterocycles. The molecule has 1 fully saturated rings. The highest BCUT2D eigenvalue weighted by atomic mass is 32.2. The molecule has 2 heterocycles. The monoisotopic (exact) mass is 351 g/mol. The van der Waals surface area contributed by atoms with Crippen LogP contribution in [0, 0.1) is 5.92 Å². The zero-order chi connectivity index (χ0) is 17.2. The normalized spacial score (nSPS) is 15.2. The zero-order valence-corrected chi connectivity index (χ0v) is 15.0. The molecule has 0 radical (unpaired) electrons. The van der Waals surface area contributed by atoms with Crippen molar-refractivity contribution in [1.82, 2.24) is 14.7 Å². The van der Waals surface area contributed by atoms with Crippen LogP contribution in [0.2, 0.25) is 0 Å². The third-order valence-electron chi connectivity index (χ3n) is 4.60. The maximum Gasteiger partial charge on any atom is 0.251 e. The van der Waals surface area contributed by atoms with Gasteiger partial charge in [-0.25, -0.2) is 4.98 Å². The van der Waals surface area contributed by atoms with E-state index in [9.17, 15) is 4.79 Å². The first kappa shape index (κ1) is 16.2. The predicted molar refractivity (Wildman–Crippen MR) is 101 cm³/mol. The van der Waals surface area contributed by atoms with Crippen LogP contribution in [0.15, 0.2) is 59.8 Å². The van der Waals surface area contributed by atoms with Gasteiger partial charge in [0.15, 0.2) is 0 Å². The number of fused-ring (bicyclic) bond motifs is 1. The van der Waals surface area contributed by atoms with E-state index in [1.807, 2.05) is 53.1 Å².